The zero-order valence-electron chi connectivity index (χ0n) is 9.52. The Morgan fingerprint density at radius 2 is 1.71 bits per heavy atom. The van der Waals surface area contributed by atoms with E-state index in [-0.39, 0.29) is 11.6 Å². The largest absolute Gasteiger partial charge is 0.335 e. The average molecular weight is 198 g/mol. The normalized spacial score (nSPS) is 16.5. The standard InChI is InChI=1S/C11H22N2O/c1-4-11(5-2,6-3)13-10(14)12-9-7-8-9/h9H,4-8H2,1-3H3,(H2,12,13,14). The van der Waals surface area contributed by atoms with E-state index in [9.17, 15) is 4.79 Å². The first-order chi connectivity index (χ1) is 6.65. The summed E-state index contributed by atoms with van der Waals surface area (Å²) in [6, 6.07) is 0.455. The van der Waals surface area contributed by atoms with Gasteiger partial charge in [-0.1, -0.05) is 20.8 Å². The molecule has 2 amide bonds. The number of hydrogen-bond acceptors (Lipinski definition) is 1. The summed E-state index contributed by atoms with van der Waals surface area (Å²) < 4.78 is 0. The third-order valence-electron chi connectivity index (χ3n) is 3.32. The highest BCUT2D eigenvalue weighted by Crippen LogP contribution is 2.21. The molecule has 0 unspecified atom stereocenters. The van der Waals surface area contributed by atoms with E-state index in [4.69, 9.17) is 0 Å². The molecule has 0 aromatic carbocycles. The van der Waals surface area contributed by atoms with E-state index in [1.165, 1.54) is 0 Å². The van der Waals surface area contributed by atoms with Gasteiger partial charge in [0.05, 0.1) is 0 Å². The summed E-state index contributed by atoms with van der Waals surface area (Å²) in [4.78, 5) is 11.6. The molecule has 1 rings (SSSR count). The van der Waals surface area contributed by atoms with Crippen LogP contribution in [0.4, 0.5) is 4.79 Å². The van der Waals surface area contributed by atoms with Gasteiger partial charge in [-0.2, -0.15) is 0 Å². The number of urea groups is 1. The summed E-state index contributed by atoms with van der Waals surface area (Å²) >= 11 is 0. The molecule has 1 fully saturated rings. The van der Waals surface area contributed by atoms with Crippen LogP contribution >= 0.6 is 0 Å². The first-order valence-electron chi connectivity index (χ1n) is 5.74. The smallest absolute Gasteiger partial charge is 0.315 e. The highest BCUT2D eigenvalue weighted by atomic mass is 16.2. The SMILES string of the molecule is CCC(CC)(CC)NC(=O)NC1CC1. The fraction of sp³-hybridized carbons (Fsp3) is 0.909. The lowest BCUT2D eigenvalue weighted by molar-refractivity contribution is 0.217. The third kappa shape index (κ3) is 2.89. The van der Waals surface area contributed by atoms with E-state index in [0.29, 0.717) is 6.04 Å². The summed E-state index contributed by atoms with van der Waals surface area (Å²) in [6.45, 7) is 6.39. The Kier molecular flexibility index (Phi) is 3.78. The van der Waals surface area contributed by atoms with Crippen molar-refractivity contribution >= 4 is 6.03 Å². The second kappa shape index (κ2) is 4.67. The van der Waals surface area contributed by atoms with E-state index in [2.05, 4.69) is 31.4 Å². The Morgan fingerprint density at radius 1 is 1.21 bits per heavy atom. The molecule has 0 saturated heterocycles. The molecule has 0 atom stereocenters. The van der Waals surface area contributed by atoms with Gasteiger partial charge in [-0.15, -0.1) is 0 Å². The predicted molar refractivity (Wildman–Crippen MR) is 58.3 cm³/mol. The summed E-state index contributed by atoms with van der Waals surface area (Å²) in [5.74, 6) is 0. The fourth-order valence-corrected chi connectivity index (χ4v) is 1.71. The van der Waals surface area contributed by atoms with Crippen LogP contribution in [0.3, 0.4) is 0 Å². The van der Waals surface area contributed by atoms with E-state index in [1.807, 2.05) is 0 Å². The van der Waals surface area contributed by atoms with Crippen LogP contribution in [0.5, 0.6) is 0 Å². The molecule has 14 heavy (non-hydrogen) atoms. The number of rotatable bonds is 5. The Bertz CT molecular complexity index is 187. The van der Waals surface area contributed by atoms with E-state index in [0.717, 1.165) is 32.1 Å². The highest BCUT2D eigenvalue weighted by Gasteiger charge is 2.29. The minimum absolute atomic E-state index is 0.00102. The monoisotopic (exact) mass is 198 g/mol. The molecular formula is C11H22N2O. The van der Waals surface area contributed by atoms with Gasteiger partial charge in [0.2, 0.25) is 0 Å². The van der Waals surface area contributed by atoms with Crippen LogP contribution in [0.25, 0.3) is 0 Å². The van der Waals surface area contributed by atoms with E-state index in [1.54, 1.807) is 0 Å². The lowest BCUT2D eigenvalue weighted by Gasteiger charge is -2.31. The number of amides is 2. The van der Waals surface area contributed by atoms with Gasteiger partial charge in [0.1, 0.15) is 0 Å². The van der Waals surface area contributed by atoms with Gasteiger partial charge >= 0.3 is 6.03 Å². The van der Waals surface area contributed by atoms with Gasteiger partial charge in [-0.3, -0.25) is 0 Å². The van der Waals surface area contributed by atoms with Crippen LogP contribution in [0.15, 0.2) is 0 Å². The van der Waals surface area contributed by atoms with Gasteiger partial charge in [0.25, 0.3) is 0 Å². The number of hydrogen-bond donors (Lipinski definition) is 2. The van der Waals surface area contributed by atoms with Crippen LogP contribution in [0, 0.1) is 0 Å². The van der Waals surface area contributed by atoms with Gasteiger partial charge in [-0.25, -0.2) is 4.79 Å². The molecule has 82 valence electrons. The van der Waals surface area contributed by atoms with Crippen molar-refractivity contribution in [3.05, 3.63) is 0 Å². The number of carbonyl (C=O) groups is 1. The molecule has 0 spiro atoms. The van der Waals surface area contributed by atoms with Crippen molar-refractivity contribution in [2.75, 3.05) is 0 Å². The van der Waals surface area contributed by atoms with E-state index < -0.39 is 0 Å². The van der Waals surface area contributed by atoms with Crippen molar-refractivity contribution in [2.24, 2.45) is 0 Å². The molecule has 3 heteroatoms. The topological polar surface area (TPSA) is 41.1 Å². The molecule has 0 heterocycles. The minimum atomic E-state index is -0.00102. The zero-order chi connectivity index (χ0) is 10.6. The first-order valence-corrected chi connectivity index (χ1v) is 5.74. The van der Waals surface area contributed by atoms with Crippen molar-refractivity contribution < 1.29 is 4.79 Å². The molecule has 1 aliphatic carbocycles. The quantitative estimate of drug-likeness (QED) is 0.700. The van der Waals surface area contributed by atoms with Gasteiger partial charge in [0.15, 0.2) is 0 Å². The van der Waals surface area contributed by atoms with Crippen LogP contribution in [-0.2, 0) is 0 Å². The number of nitrogens with one attached hydrogen (secondary N) is 2. The van der Waals surface area contributed by atoms with Crippen molar-refractivity contribution in [1.29, 1.82) is 0 Å². The highest BCUT2D eigenvalue weighted by molar-refractivity contribution is 5.75. The van der Waals surface area contributed by atoms with Gasteiger partial charge < -0.3 is 10.6 Å². The maximum absolute atomic E-state index is 11.6. The minimum Gasteiger partial charge on any atom is -0.335 e. The first kappa shape index (κ1) is 11.3. The van der Waals surface area contributed by atoms with Crippen LogP contribution < -0.4 is 10.6 Å². The molecule has 0 aromatic rings. The predicted octanol–water partition coefficient (Wildman–Crippen LogP) is 2.42. The molecule has 3 nitrogen and oxygen atoms in total. The van der Waals surface area contributed by atoms with Crippen LogP contribution in [0.2, 0.25) is 0 Å². The molecule has 2 N–H and O–H groups in total. The zero-order valence-corrected chi connectivity index (χ0v) is 9.52. The summed E-state index contributed by atoms with van der Waals surface area (Å²) in [5.41, 5.74) is -0.00102. The lowest BCUT2D eigenvalue weighted by atomic mass is 9.90. The summed E-state index contributed by atoms with van der Waals surface area (Å²) in [7, 11) is 0. The number of carbonyl (C=O) groups excluding carboxylic acids is 1. The fourth-order valence-electron chi connectivity index (χ4n) is 1.71. The molecular weight excluding hydrogens is 176 g/mol. The summed E-state index contributed by atoms with van der Waals surface area (Å²) in [6.07, 6.45) is 5.28. The Morgan fingerprint density at radius 3 is 2.07 bits per heavy atom. The Hall–Kier alpha value is -0.730. The van der Waals surface area contributed by atoms with Crippen molar-refractivity contribution in [3.8, 4) is 0 Å². The third-order valence-corrected chi connectivity index (χ3v) is 3.32. The van der Waals surface area contributed by atoms with Crippen molar-refractivity contribution in [1.82, 2.24) is 10.6 Å². The Balaban J connectivity index is 2.40. The van der Waals surface area contributed by atoms with Gasteiger partial charge in [0, 0.05) is 11.6 Å². The molecule has 0 bridgehead atoms. The molecule has 1 saturated carbocycles. The molecule has 1 aliphatic rings. The van der Waals surface area contributed by atoms with E-state index >= 15 is 0 Å². The van der Waals surface area contributed by atoms with Crippen LogP contribution in [0.1, 0.15) is 52.9 Å². The van der Waals surface area contributed by atoms with Gasteiger partial charge in [-0.05, 0) is 32.1 Å². The maximum atomic E-state index is 11.6. The van der Waals surface area contributed by atoms with Crippen molar-refractivity contribution in [2.45, 2.75) is 64.5 Å². The summed E-state index contributed by atoms with van der Waals surface area (Å²) in [5, 5.41) is 6.06. The maximum Gasteiger partial charge on any atom is 0.315 e. The van der Waals surface area contributed by atoms with Crippen LogP contribution in [-0.4, -0.2) is 17.6 Å². The Labute approximate surface area is 86.6 Å². The molecule has 0 radical (unpaired) electrons. The molecule has 0 aromatic heterocycles. The second-order valence-corrected chi connectivity index (χ2v) is 4.21. The average Bonchev–Trinajstić information content (AvgIpc) is 2.98. The molecule has 0 aliphatic heterocycles. The lowest BCUT2D eigenvalue weighted by Crippen LogP contribution is -2.51. The second-order valence-electron chi connectivity index (χ2n) is 4.21. The van der Waals surface area contributed by atoms with Crippen molar-refractivity contribution in [3.63, 3.8) is 0 Å².